The molecule has 0 amide bonds. The molecule has 1 heterocycles. The van der Waals surface area contributed by atoms with Crippen molar-refractivity contribution >= 4 is 15.9 Å². The summed E-state index contributed by atoms with van der Waals surface area (Å²) in [4.78, 5) is 0. The van der Waals surface area contributed by atoms with Crippen molar-refractivity contribution in [3.05, 3.63) is 41.1 Å². The molecular formula is C16H19BrN2O. The molecule has 1 fully saturated rings. The second-order valence-electron chi connectivity index (χ2n) is 5.49. The molecule has 2 aromatic rings. The van der Waals surface area contributed by atoms with Crippen LogP contribution in [-0.2, 0) is 0 Å². The zero-order valence-electron chi connectivity index (χ0n) is 11.4. The van der Waals surface area contributed by atoms with E-state index in [1.807, 2.05) is 23.0 Å². The van der Waals surface area contributed by atoms with E-state index in [2.05, 4.69) is 39.4 Å². The van der Waals surface area contributed by atoms with Gasteiger partial charge in [-0.25, -0.2) is 0 Å². The Hall–Kier alpha value is -1.13. The van der Waals surface area contributed by atoms with Gasteiger partial charge in [0.1, 0.15) is 0 Å². The maximum absolute atomic E-state index is 10.3. The van der Waals surface area contributed by atoms with Crippen LogP contribution in [0.5, 0.6) is 0 Å². The first kappa shape index (κ1) is 13.8. The van der Waals surface area contributed by atoms with Gasteiger partial charge >= 0.3 is 0 Å². The fourth-order valence-corrected chi connectivity index (χ4v) is 3.31. The minimum absolute atomic E-state index is 0.124. The van der Waals surface area contributed by atoms with Crippen LogP contribution in [0.4, 0.5) is 0 Å². The molecule has 20 heavy (non-hydrogen) atoms. The maximum atomic E-state index is 10.3. The molecule has 0 bridgehead atoms. The fourth-order valence-electron chi connectivity index (χ4n) is 2.91. The lowest BCUT2D eigenvalue weighted by atomic mass is 10.1. The SMILES string of the molecule is OC1CCCCCC1n1cc(-c2cccc(Br)c2)cn1. The number of halogens is 1. The van der Waals surface area contributed by atoms with E-state index >= 15 is 0 Å². The lowest BCUT2D eigenvalue weighted by Crippen LogP contribution is -2.23. The summed E-state index contributed by atoms with van der Waals surface area (Å²) in [6, 6.07) is 8.33. The van der Waals surface area contributed by atoms with E-state index in [1.54, 1.807) is 0 Å². The predicted molar refractivity (Wildman–Crippen MR) is 83.5 cm³/mol. The Kier molecular flexibility index (Phi) is 4.22. The lowest BCUT2D eigenvalue weighted by molar-refractivity contribution is 0.0991. The summed E-state index contributed by atoms with van der Waals surface area (Å²) in [5, 5.41) is 14.7. The monoisotopic (exact) mass is 334 g/mol. The van der Waals surface area contributed by atoms with Crippen LogP contribution in [0.2, 0.25) is 0 Å². The van der Waals surface area contributed by atoms with Gasteiger partial charge in [-0.05, 0) is 30.5 Å². The molecule has 0 spiro atoms. The van der Waals surface area contributed by atoms with Crippen molar-refractivity contribution in [3.63, 3.8) is 0 Å². The van der Waals surface area contributed by atoms with Crippen molar-refractivity contribution in [2.45, 2.75) is 44.2 Å². The average Bonchev–Trinajstić information content (AvgIpc) is 2.82. The molecule has 2 atom stereocenters. The van der Waals surface area contributed by atoms with E-state index in [-0.39, 0.29) is 12.1 Å². The number of nitrogens with zero attached hydrogens (tertiary/aromatic N) is 2. The molecule has 0 aliphatic heterocycles. The summed E-state index contributed by atoms with van der Waals surface area (Å²) in [6.45, 7) is 0. The molecule has 3 rings (SSSR count). The van der Waals surface area contributed by atoms with Gasteiger partial charge in [0.15, 0.2) is 0 Å². The van der Waals surface area contributed by atoms with Gasteiger partial charge in [-0.15, -0.1) is 0 Å². The van der Waals surface area contributed by atoms with E-state index in [9.17, 15) is 5.11 Å². The Balaban J connectivity index is 1.86. The van der Waals surface area contributed by atoms with Crippen LogP contribution in [0.3, 0.4) is 0 Å². The van der Waals surface area contributed by atoms with E-state index in [0.29, 0.717) is 0 Å². The number of hydrogen-bond acceptors (Lipinski definition) is 2. The smallest absolute Gasteiger partial charge is 0.0778 e. The van der Waals surface area contributed by atoms with E-state index in [4.69, 9.17) is 0 Å². The molecule has 106 valence electrons. The van der Waals surface area contributed by atoms with Crippen LogP contribution in [-0.4, -0.2) is 21.0 Å². The molecule has 2 unspecified atom stereocenters. The first-order valence-electron chi connectivity index (χ1n) is 7.22. The Labute approximate surface area is 127 Å². The highest BCUT2D eigenvalue weighted by Crippen LogP contribution is 2.29. The highest BCUT2D eigenvalue weighted by molar-refractivity contribution is 9.10. The minimum atomic E-state index is -0.271. The molecule has 1 saturated carbocycles. The molecule has 1 aliphatic carbocycles. The average molecular weight is 335 g/mol. The van der Waals surface area contributed by atoms with Crippen molar-refractivity contribution in [2.24, 2.45) is 0 Å². The van der Waals surface area contributed by atoms with Crippen molar-refractivity contribution in [1.29, 1.82) is 0 Å². The molecule has 0 radical (unpaired) electrons. The van der Waals surface area contributed by atoms with Crippen molar-refractivity contribution in [1.82, 2.24) is 9.78 Å². The minimum Gasteiger partial charge on any atom is -0.391 e. The third kappa shape index (κ3) is 2.96. The van der Waals surface area contributed by atoms with Gasteiger partial charge in [0.25, 0.3) is 0 Å². The number of benzene rings is 1. The van der Waals surface area contributed by atoms with Crippen LogP contribution in [0.1, 0.15) is 38.1 Å². The van der Waals surface area contributed by atoms with Gasteiger partial charge in [-0.1, -0.05) is 47.3 Å². The van der Waals surface area contributed by atoms with E-state index in [1.165, 1.54) is 12.8 Å². The first-order valence-corrected chi connectivity index (χ1v) is 8.01. The zero-order valence-corrected chi connectivity index (χ0v) is 13.0. The van der Waals surface area contributed by atoms with Gasteiger partial charge < -0.3 is 5.11 Å². The predicted octanol–water partition coefficient (Wildman–Crippen LogP) is 4.18. The molecule has 1 N–H and O–H groups in total. The molecule has 1 aromatic carbocycles. The molecule has 3 nitrogen and oxygen atoms in total. The highest BCUT2D eigenvalue weighted by atomic mass is 79.9. The molecule has 0 saturated heterocycles. The largest absolute Gasteiger partial charge is 0.391 e. The Bertz CT molecular complexity index is 581. The van der Waals surface area contributed by atoms with E-state index < -0.39 is 0 Å². The van der Waals surface area contributed by atoms with Crippen LogP contribution in [0.15, 0.2) is 41.1 Å². The van der Waals surface area contributed by atoms with Gasteiger partial charge in [0, 0.05) is 16.2 Å². The Morgan fingerprint density at radius 3 is 2.85 bits per heavy atom. The summed E-state index contributed by atoms with van der Waals surface area (Å²) < 4.78 is 3.02. The fraction of sp³-hybridized carbons (Fsp3) is 0.438. The third-order valence-corrected chi connectivity index (χ3v) is 4.54. The topological polar surface area (TPSA) is 38.0 Å². The standard InChI is InChI=1S/C16H19BrN2O/c17-14-6-4-5-12(9-14)13-10-18-19(11-13)15-7-2-1-3-8-16(15)20/h4-6,9-11,15-16,20H,1-3,7-8H2. The lowest BCUT2D eigenvalue weighted by Gasteiger charge is -2.20. The summed E-state index contributed by atoms with van der Waals surface area (Å²) in [6.07, 6.45) is 9.09. The number of hydrogen-bond donors (Lipinski definition) is 1. The second-order valence-corrected chi connectivity index (χ2v) is 6.41. The van der Waals surface area contributed by atoms with Crippen LogP contribution in [0, 0.1) is 0 Å². The summed E-state index contributed by atoms with van der Waals surface area (Å²) in [7, 11) is 0. The number of aromatic nitrogens is 2. The molecule has 1 aromatic heterocycles. The third-order valence-electron chi connectivity index (χ3n) is 4.04. The number of aliphatic hydroxyl groups is 1. The van der Waals surface area contributed by atoms with Crippen molar-refractivity contribution < 1.29 is 5.11 Å². The van der Waals surface area contributed by atoms with Gasteiger partial charge in [0.2, 0.25) is 0 Å². The van der Waals surface area contributed by atoms with Crippen LogP contribution < -0.4 is 0 Å². The van der Waals surface area contributed by atoms with Gasteiger partial charge in [-0.2, -0.15) is 5.10 Å². The van der Waals surface area contributed by atoms with Crippen molar-refractivity contribution in [2.75, 3.05) is 0 Å². The molecule has 4 heteroatoms. The summed E-state index contributed by atoms with van der Waals surface area (Å²) >= 11 is 3.50. The van der Waals surface area contributed by atoms with Gasteiger partial charge in [0.05, 0.1) is 18.3 Å². The zero-order chi connectivity index (χ0) is 13.9. The Morgan fingerprint density at radius 1 is 1.15 bits per heavy atom. The highest BCUT2D eigenvalue weighted by Gasteiger charge is 2.23. The number of aliphatic hydroxyl groups excluding tert-OH is 1. The summed E-state index contributed by atoms with van der Waals surface area (Å²) in [5.74, 6) is 0. The number of rotatable bonds is 2. The molecule has 1 aliphatic rings. The first-order chi connectivity index (χ1) is 9.74. The normalized spacial score (nSPS) is 23.5. The maximum Gasteiger partial charge on any atom is 0.0778 e. The molecular weight excluding hydrogens is 316 g/mol. The van der Waals surface area contributed by atoms with Crippen LogP contribution >= 0.6 is 15.9 Å². The Morgan fingerprint density at radius 2 is 2.00 bits per heavy atom. The van der Waals surface area contributed by atoms with Crippen LogP contribution in [0.25, 0.3) is 11.1 Å². The summed E-state index contributed by atoms with van der Waals surface area (Å²) in [5.41, 5.74) is 2.25. The van der Waals surface area contributed by atoms with E-state index in [0.717, 1.165) is 34.9 Å². The quantitative estimate of drug-likeness (QED) is 0.836. The van der Waals surface area contributed by atoms with Crippen molar-refractivity contribution in [3.8, 4) is 11.1 Å². The van der Waals surface area contributed by atoms with Gasteiger partial charge in [-0.3, -0.25) is 4.68 Å². The second kappa shape index (κ2) is 6.10.